The quantitative estimate of drug-likeness (QED) is 0.768. The van der Waals surface area contributed by atoms with Gasteiger partial charge in [-0.25, -0.2) is 4.79 Å². The molecule has 4 heteroatoms. The van der Waals surface area contributed by atoms with Crippen molar-refractivity contribution in [2.45, 2.75) is 20.8 Å². The molecule has 4 nitrogen and oxygen atoms in total. The van der Waals surface area contributed by atoms with E-state index in [1.165, 1.54) is 12.2 Å². The summed E-state index contributed by atoms with van der Waals surface area (Å²) in [4.78, 5) is 22.4. The molecule has 0 aliphatic heterocycles. The number of rotatable bonds is 3. The summed E-state index contributed by atoms with van der Waals surface area (Å²) < 4.78 is 0. The van der Waals surface area contributed by atoms with Crippen LogP contribution in [-0.2, 0) is 9.59 Å². The second-order valence-electron chi connectivity index (χ2n) is 4.60. The second kappa shape index (κ2) is 4.12. The molecule has 0 aromatic carbocycles. The van der Waals surface area contributed by atoms with Crippen LogP contribution < -0.4 is 0 Å². The van der Waals surface area contributed by atoms with Crippen LogP contribution in [0.2, 0.25) is 0 Å². The summed E-state index contributed by atoms with van der Waals surface area (Å²) in [5.41, 5.74) is -0.973. The first-order chi connectivity index (χ1) is 7.30. The van der Waals surface area contributed by atoms with Crippen LogP contribution in [0.25, 0.3) is 0 Å². The van der Waals surface area contributed by atoms with Gasteiger partial charge >= 0.3 is 11.9 Å². The highest BCUT2D eigenvalue weighted by atomic mass is 16.4. The van der Waals surface area contributed by atoms with Crippen LogP contribution >= 0.6 is 0 Å². The summed E-state index contributed by atoms with van der Waals surface area (Å²) in [6.45, 7) is 5.23. The van der Waals surface area contributed by atoms with Crippen molar-refractivity contribution in [1.29, 1.82) is 0 Å². The molecule has 0 aromatic heterocycles. The number of carbonyl (C=O) groups is 2. The van der Waals surface area contributed by atoms with E-state index < -0.39 is 23.3 Å². The van der Waals surface area contributed by atoms with E-state index in [-0.39, 0.29) is 11.5 Å². The van der Waals surface area contributed by atoms with Crippen molar-refractivity contribution in [2.24, 2.45) is 17.3 Å². The minimum atomic E-state index is -1.14. The lowest BCUT2D eigenvalue weighted by Crippen LogP contribution is -2.41. The Morgan fingerprint density at radius 3 is 2.31 bits per heavy atom. The highest BCUT2D eigenvalue weighted by molar-refractivity contribution is 5.91. The van der Waals surface area contributed by atoms with Gasteiger partial charge < -0.3 is 10.2 Å². The van der Waals surface area contributed by atoms with Gasteiger partial charge in [-0.3, -0.25) is 4.79 Å². The normalized spacial score (nSPS) is 29.0. The Labute approximate surface area is 94.3 Å². The highest BCUT2D eigenvalue weighted by Crippen LogP contribution is 2.42. The van der Waals surface area contributed by atoms with Gasteiger partial charge in [0.1, 0.15) is 0 Å². The smallest absolute Gasteiger partial charge is 0.331 e. The molecule has 2 unspecified atom stereocenters. The Morgan fingerprint density at radius 2 is 1.94 bits per heavy atom. The lowest BCUT2D eigenvalue weighted by atomic mass is 9.65. The fourth-order valence-corrected chi connectivity index (χ4v) is 2.34. The van der Waals surface area contributed by atoms with E-state index in [0.29, 0.717) is 0 Å². The van der Waals surface area contributed by atoms with Crippen LogP contribution in [0, 0.1) is 17.3 Å². The van der Waals surface area contributed by atoms with Gasteiger partial charge in [0.15, 0.2) is 0 Å². The maximum absolute atomic E-state index is 11.3. The SMILES string of the molecule is CC(C)C1C(C(=O)O)=CC=CC1(C)C(=O)O. The number of aliphatic carboxylic acids is 2. The van der Waals surface area contributed by atoms with Crippen LogP contribution in [0.3, 0.4) is 0 Å². The van der Waals surface area contributed by atoms with Gasteiger partial charge in [-0.15, -0.1) is 0 Å². The van der Waals surface area contributed by atoms with Crippen molar-refractivity contribution >= 4 is 11.9 Å². The first-order valence-corrected chi connectivity index (χ1v) is 5.16. The van der Waals surface area contributed by atoms with Crippen molar-refractivity contribution in [3.8, 4) is 0 Å². The molecule has 0 saturated heterocycles. The van der Waals surface area contributed by atoms with Crippen molar-refractivity contribution in [1.82, 2.24) is 0 Å². The third-order valence-corrected chi connectivity index (χ3v) is 3.07. The fourth-order valence-electron chi connectivity index (χ4n) is 2.34. The van der Waals surface area contributed by atoms with E-state index in [0.717, 1.165) is 0 Å². The Hall–Kier alpha value is -1.58. The molecule has 2 N–H and O–H groups in total. The predicted molar refractivity (Wildman–Crippen MR) is 58.9 cm³/mol. The maximum atomic E-state index is 11.3. The Balaban J connectivity index is 3.27. The molecule has 1 aliphatic rings. The molecule has 0 fully saturated rings. The third-order valence-electron chi connectivity index (χ3n) is 3.07. The van der Waals surface area contributed by atoms with Crippen molar-refractivity contribution in [3.63, 3.8) is 0 Å². The molecule has 16 heavy (non-hydrogen) atoms. The minimum Gasteiger partial charge on any atom is -0.481 e. The van der Waals surface area contributed by atoms with Crippen molar-refractivity contribution in [3.05, 3.63) is 23.8 Å². The van der Waals surface area contributed by atoms with Gasteiger partial charge in [-0.1, -0.05) is 32.1 Å². The van der Waals surface area contributed by atoms with Crippen LogP contribution in [0.4, 0.5) is 0 Å². The molecule has 0 bridgehead atoms. The number of carboxylic acid groups (broad SMARTS) is 2. The third kappa shape index (κ3) is 1.87. The zero-order chi connectivity index (χ0) is 12.5. The minimum absolute atomic E-state index is 0.0478. The largest absolute Gasteiger partial charge is 0.481 e. The summed E-state index contributed by atoms with van der Waals surface area (Å²) in [6.07, 6.45) is 4.56. The van der Waals surface area contributed by atoms with E-state index in [4.69, 9.17) is 5.11 Å². The van der Waals surface area contributed by atoms with E-state index in [1.807, 2.05) is 13.8 Å². The first kappa shape index (κ1) is 12.5. The Bertz CT molecular complexity index is 378. The number of hydrogen-bond acceptors (Lipinski definition) is 2. The summed E-state index contributed by atoms with van der Waals surface area (Å²) >= 11 is 0. The summed E-state index contributed by atoms with van der Waals surface area (Å²) in [5, 5.41) is 18.3. The standard InChI is InChI=1S/C12H16O4/c1-7(2)9-8(10(13)14)5-4-6-12(9,3)11(15)16/h4-7,9H,1-3H3,(H,13,14)(H,15,16). The maximum Gasteiger partial charge on any atom is 0.331 e. The lowest BCUT2D eigenvalue weighted by Gasteiger charge is -2.36. The van der Waals surface area contributed by atoms with Gasteiger partial charge in [-0.05, 0) is 12.8 Å². The molecule has 88 valence electrons. The van der Waals surface area contributed by atoms with Crippen LogP contribution in [0.15, 0.2) is 23.8 Å². The van der Waals surface area contributed by atoms with E-state index in [1.54, 1.807) is 13.0 Å². The van der Waals surface area contributed by atoms with Gasteiger partial charge in [0.2, 0.25) is 0 Å². The summed E-state index contributed by atoms with van der Waals surface area (Å²) in [5.74, 6) is -2.59. The van der Waals surface area contributed by atoms with Crippen LogP contribution in [0.5, 0.6) is 0 Å². The lowest BCUT2D eigenvalue weighted by molar-refractivity contribution is -0.148. The molecule has 0 radical (unpaired) electrons. The molecule has 1 rings (SSSR count). The van der Waals surface area contributed by atoms with Crippen LogP contribution in [-0.4, -0.2) is 22.2 Å². The molecule has 0 spiro atoms. The first-order valence-electron chi connectivity index (χ1n) is 5.16. The highest BCUT2D eigenvalue weighted by Gasteiger charge is 2.45. The molecule has 0 aromatic rings. The average molecular weight is 224 g/mol. The average Bonchev–Trinajstić information content (AvgIpc) is 2.16. The van der Waals surface area contributed by atoms with Crippen molar-refractivity contribution < 1.29 is 19.8 Å². The zero-order valence-electron chi connectivity index (χ0n) is 9.60. The molecule has 1 aliphatic carbocycles. The van der Waals surface area contributed by atoms with Gasteiger partial charge in [-0.2, -0.15) is 0 Å². The Kier molecular flexibility index (Phi) is 3.21. The number of hydrogen-bond donors (Lipinski definition) is 2. The molecule has 0 amide bonds. The topological polar surface area (TPSA) is 74.6 Å². The summed E-state index contributed by atoms with van der Waals surface area (Å²) in [7, 11) is 0. The predicted octanol–water partition coefficient (Wildman–Crippen LogP) is 1.93. The van der Waals surface area contributed by atoms with Gasteiger partial charge in [0.25, 0.3) is 0 Å². The summed E-state index contributed by atoms with van der Waals surface area (Å²) in [6, 6.07) is 0. The Morgan fingerprint density at radius 1 is 1.38 bits per heavy atom. The second-order valence-corrected chi connectivity index (χ2v) is 4.60. The monoisotopic (exact) mass is 224 g/mol. The van der Waals surface area contributed by atoms with E-state index in [2.05, 4.69) is 0 Å². The number of allylic oxidation sites excluding steroid dienone is 2. The van der Waals surface area contributed by atoms with Gasteiger partial charge in [0.05, 0.1) is 5.41 Å². The zero-order valence-corrected chi connectivity index (χ0v) is 9.60. The molecular formula is C12H16O4. The fraction of sp³-hybridized carbons (Fsp3) is 0.500. The van der Waals surface area contributed by atoms with E-state index >= 15 is 0 Å². The molecule has 0 saturated carbocycles. The van der Waals surface area contributed by atoms with E-state index in [9.17, 15) is 14.7 Å². The molecule has 2 atom stereocenters. The van der Waals surface area contributed by atoms with Gasteiger partial charge in [0, 0.05) is 11.5 Å². The molecular weight excluding hydrogens is 208 g/mol. The van der Waals surface area contributed by atoms with Crippen LogP contribution in [0.1, 0.15) is 20.8 Å². The molecule has 0 heterocycles. The number of carboxylic acids is 2. The van der Waals surface area contributed by atoms with Crippen molar-refractivity contribution in [2.75, 3.05) is 0 Å².